The zero-order chi connectivity index (χ0) is 27.9. The number of aliphatic hydroxyl groups is 2. The van der Waals surface area contributed by atoms with Gasteiger partial charge in [-0.05, 0) is 38.5 Å². The summed E-state index contributed by atoms with van der Waals surface area (Å²) in [6, 6.07) is -0.531. The zero-order valence-electron chi connectivity index (χ0n) is 25.7. The highest BCUT2D eigenvalue weighted by molar-refractivity contribution is 5.76. The second-order valence-electron chi connectivity index (χ2n) is 11.6. The maximum absolute atomic E-state index is 12.3. The summed E-state index contributed by atoms with van der Waals surface area (Å²) in [7, 11) is 0. The highest BCUT2D eigenvalue weighted by Gasteiger charge is 2.19. The van der Waals surface area contributed by atoms with Crippen molar-refractivity contribution in [2.75, 3.05) is 6.61 Å². The van der Waals surface area contributed by atoms with E-state index in [1.54, 1.807) is 0 Å². The van der Waals surface area contributed by atoms with Crippen LogP contribution in [0.5, 0.6) is 0 Å². The maximum Gasteiger partial charge on any atom is 0.220 e. The topological polar surface area (TPSA) is 69.6 Å². The molecule has 0 aliphatic heterocycles. The first-order valence-corrected chi connectivity index (χ1v) is 16.9. The van der Waals surface area contributed by atoms with Crippen molar-refractivity contribution in [3.05, 3.63) is 12.2 Å². The van der Waals surface area contributed by atoms with Crippen molar-refractivity contribution < 1.29 is 15.0 Å². The molecule has 3 N–H and O–H groups in total. The molecule has 4 nitrogen and oxygen atoms in total. The first kappa shape index (κ1) is 37.1. The number of carbonyl (C=O) groups excluding carboxylic acids is 1. The first-order chi connectivity index (χ1) is 18.7. The van der Waals surface area contributed by atoms with Gasteiger partial charge in [0.1, 0.15) is 0 Å². The largest absolute Gasteiger partial charge is 0.394 e. The van der Waals surface area contributed by atoms with E-state index in [1.165, 1.54) is 128 Å². The number of aliphatic hydroxyl groups excluding tert-OH is 2. The van der Waals surface area contributed by atoms with Gasteiger partial charge >= 0.3 is 0 Å². The molecule has 38 heavy (non-hydrogen) atoms. The third-order valence-electron chi connectivity index (χ3n) is 7.78. The smallest absolute Gasteiger partial charge is 0.220 e. The number of hydrogen-bond acceptors (Lipinski definition) is 3. The third kappa shape index (κ3) is 26.7. The summed E-state index contributed by atoms with van der Waals surface area (Å²) in [4.78, 5) is 12.3. The zero-order valence-corrected chi connectivity index (χ0v) is 25.7. The van der Waals surface area contributed by atoms with Crippen LogP contribution < -0.4 is 5.32 Å². The molecule has 0 unspecified atom stereocenters. The van der Waals surface area contributed by atoms with Gasteiger partial charge < -0.3 is 15.5 Å². The van der Waals surface area contributed by atoms with Crippen LogP contribution in [-0.2, 0) is 4.79 Å². The van der Waals surface area contributed by atoms with Crippen LogP contribution in [0.1, 0.15) is 181 Å². The van der Waals surface area contributed by atoms with Crippen LogP contribution in [0.4, 0.5) is 0 Å². The van der Waals surface area contributed by atoms with Crippen molar-refractivity contribution in [1.82, 2.24) is 5.32 Å². The van der Waals surface area contributed by atoms with E-state index in [1.807, 2.05) is 0 Å². The van der Waals surface area contributed by atoms with Crippen LogP contribution in [0.3, 0.4) is 0 Å². The van der Waals surface area contributed by atoms with Crippen molar-refractivity contribution in [2.45, 2.75) is 193 Å². The summed E-state index contributed by atoms with van der Waals surface area (Å²) in [5.74, 6) is -0.0390. The van der Waals surface area contributed by atoms with Crippen molar-refractivity contribution in [3.63, 3.8) is 0 Å². The Morgan fingerprint density at radius 2 is 1.00 bits per heavy atom. The van der Waals surface area contributed by atoms with E-state index in [9.17, 15) is 15.0 Å². The Labute approximate surface area is 237 Å². The lowest BCUT2D eigenvalue weighted by molar-refractivity contribution is -0.123. The van der Waals surface area contributed by atoms with Crippen molar-refractivity contribution in [2.24, 2.45) is 0 Å². The van der Waals surface area contributed by atoms with Crippen molar-refractivity contribution >= 4 is 5.91 Å². The molecule has 4 heteroatoms. The van der Waals surface area contributed by atoms with E-state index in [-0.39, 0.29) is 12.5 Å². The Balaban J connectivity index is 3.56. The van der Waals surface area contributed by atoms with Gasteiger partial charge in [0.05, 0.1) is 18.8 Å². The lowest BCUT2D eigenvalue weighted by Crippen LogP contribution is -2.45. The van der Waals surface area contributed by atoms with Crippen LogP contribution in [-0.4, -0.2) is 34.9 Å². The molecule has 0 rings (SSSR count). The number of rotatable bonds is 30. The van der Waals surface area contributed by atoms with E-state index in [4.69, 9.17) is 0 Å². The minimum atomic E-state index is -0.654. The lowest BCUT2D eigenvalue weighted by Gasteiger charge is -2.22. The monoisotopic (exact) mass is 538 g/mol. The lowest BCUT2D eigenvalue weighted by atomic mass is 10.0. The first-order valence-electron chi connectivity index (χ1n) is 16.9. The molecular formula is C34H67NO3. The molecule has 0 radical (unpaired) electrons. The fourth-order valence-corrected chi connectivity index (χ4v) is 5.12. The van der Waals surface area contributed by atoms with Gasteiger partial charge in [0.15, 0.2) is 0 Å². The van der Waals surface area contributed by atoms with Gasteiger partial charge in [-0.1, -0.05) is 148 Å². The predicted molar refractivity (Wildman–Crippen MR) is 166 cm³/mol. The number of carbonyl (C=O) groups is 1. The number of amides is 1. The molecule has 0 aliphatic rings. The molecular weight excluding hydrogens is 470 g/mol. The van der Waals surface area contributed by atoms with E-state index in [0.717, 1.165) is 25.7 Å². The summed E-state index contributed by atoms with van der Waals surface area (Å²) < 4.78 is 0. The van der Waals surface area contributed by atoms with Crippen LogP contribution in [0.2, 0.25) is 0 Å². The van der Waals surface area contributed by atoms with Crippen LogP contribution in [0.15, 0.2) is 12.2 Å². The highest BCUT2D eigenvalue weighted by atomic mass is 16.3. The molecule has 0 aromatic heterocycles. The summed E-state index contributed by atoms with van der Waals surface area (Å²) in [6.07, 6.45) is 35.4. The Morgan fingerprint density at radius 1 is 0.605 bits per heavy atom. The van der Waals surface area contributed by atoms with Gasteiger partial charge in [-0.3, -0.25) is 4.79 Å². The standard InChI is InChI=1S/C34H67NO3/c1-3-5-7-9-11-13-14-15-16-17-18-19-20-22-24-26-28-30-34(38)35-32(31-36)33(37)29-27-25-23-21-12-10-8-6-4-2/h15-16,32-33,36-37H,3-14,17-31H2,1-2H3,(H,35,38)/b16-15+/t32-,33+/m0/s1. The van der Waals surface area contributed by atoms with Gasteiger partial charge in [0.2, 0.25) is 5.91 Å². The highest BCUT2D eigenvalue weighted by Crippen LogP contribution is 2.14. The van der Waals surface area contributed by atoms with Gasteiger partial charge in [-0.2, -0.15) is 0 Å². The summed E-state index contributed by atoms with van der Waals surface area (Å²) in [5, 5.41) is 22.9. The molecule has 0 fully saturated rings. The fourth-order valence-electron chi connectivity index (χ4n) is 5.12. The Hall–Kier alpha value is -0.870. The summed E-state index contributed by atoms with van der Waals surface area (Å²) >= 11 is 0. The van der Waals surface area contributed by atoms with E-state index >= 15 is 0 Å². The summed E-state index contributed by atoms with van der Waals surface area (Å²) in [6.45, 7) is 4.32. The summed E-state index contributed by atoms with van der Waals surface area (Å²) in [5.41, 5.74) is 0. The van der Waals surface area contributed by atoms with Crippen LogP contribution in [0.25, 0.3) is 0 Å². The van der Waals surface area contributed by atoms with Gasteiger partial charge in [0.25, 0.3) is 0 Å². The average Bonchev–Trinajstić information content (AvgIpc) is 2.92. The molecule has 0 bridgehead atoms. The maximum atomic E-state index is 12.3. The van der Waals surface area contributed by atoms with E-state index in [0.29, 0.717) is 12.8 Å². The van der Waals surface area contributed by atoms with Crippen molar-refractivity contribution in [1.29, 1.82) is 0 Å². The van der Waals surface area contributed by atoms with Gasteiger partial charge in [-0.15, -0.1) is 0 Å². The van der Waals surface area contributed by atoms with Gasteiger partial charge in [0, 0.05) is 6.42 Å². The van der Waals surface area contributed by atoms with Crippen LogP contribution in [0, 0.1) is 0 Å². The molecule has 0 spiro atoms. The fraction of sp³-hybridized carbons (Fsp3) is 0.912. The molecule has 2 atom stereocenters. The number of unbranched alkanes of at least 4 members (excludes halogenated alkanes) is 21. The van der Waals surface area contributed by atoms with Gasteiger partial charge in [-0.25, -0.2) is 0 Å². The third-order valence-corrected chi connectivity index (χ3v) is 7.78. The van der Waals surface area contributed by atoms with E-state index < -0.39 is 12.1 Å². The molecule has 0 heterocycles. The van der Waals surface area contributed by atoms with Crippen LogP contribution >= 0.6 is 0 Å². The molecule has 226 valence electrons. The molecule has 0 saturated heterocycles. The Morgan fingerprint density at radius 3 is 1.45 bits per heavy atom. The Kier molecular flexibility index (Phi) is 30.0. The minimum absolute atomic E-state index is 0.0390. The quantitative estimate of drug-likeness (QED) is 0.0631. The molecule has 0 saturated carbocycles. The second kappa shape index (κ2) is 30.7. The molecule has 0 aliphatic carbocycles. The van der Waals surface area contributed by atoms with E-state index in [2.05, 4.69) is 31.3 Å². The number of hydrogen-bond donors (Lipinski definition) is 3. The predicted octanol–water partition coefficient (Wildman–Crippen LogP) is 9.56. The molecule has 0 aromatic carbocycles. The minimum Gasteiger partial charge on any atom is -0.394 e. The number of nitrogens with one attached hydrogen (secondary N) is 1. The normalized spacial score (nSPS) is 13.3. The second-order valence-corrected chi connectivity index (χ2v) is 11.6. The average molecular weight is 538 g/mol. The molecule has 1 amide bonds. The Bertz CT molecular complexity index is 508. The number of allylic oxidation sites excluding steroid dienone is 2. The van der Waals surface area contributed by atoms with Crippen molar-refractivity contribution in [3.8, 4) is 0 Å². The molecule has 0 aromatic rings. The SMILES string of the molecule is CCCCCCCC/C=C/CCCCCCCCCC(=O)N[C@@H](CO)[C@H](O)CCCCCCCCCCC.